The van der Waals surface area contributed by atoms with Gasteiger partial charge in [-0.05, 0) is 12.8 Å². The standard InChI is InChI=1S/C5H6N/c1-2-4-6-5-3-1/h2,5H,1,3H2. The summed E-state index contributed by atoms with van der Waals surface area (Å²) in [6.45, 7) is 0. The second-order valence-electron chi connectivity index (χ2n) is 1.22. The molecule has 1 radical (unpaired) electrons. The molecular formula is C5H6N. The minimum absolute atomic E-state index is 1.09. The summed E-state index contributed by atoms with van der Waals surface area (Å²) in [7, 11) is 0. The summed E-state index contributed by atoms with van der Waals surface area (Å²) >= 11 is 0. The topological polar surface area (TPSA) is 12.4 Å². The lowest BCUT2D eigenvalue weighted by molar-refractivity contribution is 1.07. The number of rotatable bonds is 0. The van der Waals surface area contributed by atoms with Crippen molar-refractivity contribution >= 4 is 6.21 Å². The van der Waals surface area contributed by atoms with E-state index in [1.807, 2.05) is 12.3 Å². The van der Waals surface area contributed by atoms with Crippen LogP contribution in [0.3, 0.4) is 0 Å². The molecule has 1 heterocycles. The highest BCUT2D eigenvalue weighted by molar-refractivity contribution is 5.58. The normalized spacial score (nSPS) is 18.7. The first-order valence-corrected chi connectivity index (χ1v) is 2.09. The van der Waals surface area contributed by atoms with Gasteiger partial charge in [0.25, 0.3) is 0 Å². The monoisotopic (exact) mass is 80.1 g/mol. The van der Waals surface area contributed by atoms with E-state index in [9.17, 15) is 0 Å². The van der Waals surface area contributed by atoms with Gasteiger partial charge in [0.2, 0.25) is 0 Å². The molecule has 1 aliphatic heterocycles. The molecule has 0 unspecified atom stereocenters. The largest absolute Gasteiger partial charge is 0.259 e. The van der Waals surface area contributed by atoms with Crippen molar-refractivity contribution in [3.63, 3.8) is 0 Å². The van der Waals surface area contributed by atoms with Crippen molar-refractivity contribution in [2.45, 2.75) is 12.8 Å². The average Bonchev–Trinajstić information content (AvgIpc) is 1.72. The molecule has 1 heteroatoms. The molecule has 0 aromatic heterocycles. The molecule has 1 aliphatic rings. The molecule has 1 rings (SSSR count). The van der Waals surface area contributed by atoms with E-state index in [0.29, 0.717) is 0 Å². The van der Waals surface area contributed by atoms with E-state index < -0.39 is 0 Å². The molecule has 1 nitrogen and oxygen atoms in total. The van der Waals surface area contributed by atoms with Crippen LogP contribution in [-0.2, 0) is 0 Å². The summed E-state index contributed by atoms with van der Waals surface area (Å²) in [6.07, 6.45) is 8.75. The zero-order valence-electron chi connectivity index (χ0n) is 3.52. The van der Waals surface area contributed by atoms with Crippen LogP contribution in [0.1, 0.15) is 12.8 Å². The lowest BCUT2D eigenvalue weighted by atomic mass is 10.3. The Kier molecular flexibility index (Phi) is 1.05. The van der Waals surface area contributed by atoms with E-state index in [-0.39, 0.29) is 0 Å². The molecule has 0 fully saturated rings. The molecule has 0 atom stereocenters. The minimum atomic E-state index is 1.09. The maximum atomic E-state index is 3.75. The van der Waals surface area contributed by atoms with Gasteiger partial charge in [-0.3, -0.25) is 4.99 Å². The fraction of sp³-hybridized carbons (Fsp3) is 0.400. The van der Waals surface area contributed by atoms with Crippen molar-refractivity contribution in [2.24, 2.45) is 4.99 Å². The Bertz CT molecular complexity index is 69.9. The highest BCUT2D eigenvalue weighted by Gasteiger charge is 1.79. The van der Waals surface area contributed by atoms with Gasteiger partial charge in [-0.25, -0.2) is 0 Å². The van der Waals surface area contributed by atoms with E-state index in [2.05, 4.69) is 11.2 Å². The predicted octanol–water partition coefficient (Wildman–Crippen LogP) is 1.17. The first-order valence-electron chi connectivity index (χ1n) is 2.09. The predicted molar refractivity (Wildman–Crippen MR) is 25.5 cm³/mol. The molecule has 0 aliphatic carbocycles. The van der Waals surface area contributed by atoms with Crippen molar-refractivity contribution in [2.75, 3.05) is 0 Å². The molecule has 0 amide bonds. The molecule has 0 bridgehead atoms. The lowest BCUT2D eigenvalue weighted by Crippen LogP contribution is -1.76. The zero-order valence-corrected chi connectivity index (χ0v) is 3.52. The zero-order chi connectivity index (χ0) is 4.24. The summed E-state index contributed by atoms with van der Waals surface area (Å²) in [5, 5.41) is 0. The summed E-state index contributed by atoms with van der Waals surface area (Å²) in [4.78, 5) is 3.75. The summed E-state index contributed by atoms with van der Waals surface area (Å²) in [5.41, 5.74) is 0. The number of hydrogen-bond donors (Lipinski definition) is 0. The van der Waals surface area contributed by atoms with E-state index in [1.54, 1.807) is 0 Å². The van der Waals surface area contributed by atoms with Crippen LogP contribution in [0.2, 0.25) is 0 Å². The van der Waals surface area contributed by atoms with Gasteiger partial charge in [-0.2, -0.15) is 0 Å². The number of aliphatic imine (C=N–C) groups is 1. The minimum Gasteiger partial charge on any atom is -0.259 e. The second-order valence-corrected chi connectivity index (χ2v) is 1.22. The Hall–Kier alpha value is -0.590. The SMILES string of the molecule is [C]1=CCCC=N1. The Balaban J connectivity index is 2.46. The van der Waals surface area contributed by atoms with E-state index in [0.717, 1.165) is 12.8 Å². The van der Waals surface area contributed by atoms with E-state index in [1.165, 1.54) is 0 Å². The van der Waals surface area contributed by atoms with Gasteiger partial charge in [0, 0.05) is 6.21 Å². The Morgan fingerprint density at radius 2 is 2.50 bits per heavy atom. The number of nitrogens with zero attached hydrogens (tertiary/aromatic N) is 1. The average molecular weight is 80.1 g/mol. The quantitative estimate of drug-likeness (QED) is 0.414. The molecule has 6 heavy (non-hydrogen) atoms. The molecule has 0 saturated heterocycles. The van der Waals surface area contributed by atoms with Crippen molar-refractivity contribution in [3.8, 4) is 0 Å². The van der Waals surface area contributed by atoms with Crippen LogP contribution in [0.4, 0.5) is 0 Å². The fourth-order valence-electron chi connectivity index (χ4n) is 0.392. The highest BCUT2D eigenvalue weighted by atomic mass is 14.7. The maximum Gasteiger partial charge on any atom is 0.0839 e. The van der Waals surface area contributed by atoms with Crippen molar-refractivity contribution in [1.82, 2.24) is 0 Å². The number of hydrogen-bond acceptors (Lipinski definition) is 1. The maximum absolute atomic E-state index is 3.75. The summed E-state index contributed by atoms with van der Waals surface area (Å²) in [6, 6.07) is 0. The Morgan fingerprint density at radius 1 is 1.50 bits per heavy atom. The van der Waals surface area contributed by atoms with Gasteiger partial charge in [0.15, 0.2) is 0 Å². The van der Waals surface area contributed by atoms with Crippen LogP contribution in [0.15, 0.2) is 11.1 Å². The first kappa shape index (κ1) is 3.59. The van der Waals surface area contributed by atoms with Gasteiger partial charge >= 0.3 is 0 Å². The van der Waals surface area contributed by atoms with Crippen LogP contribution in [0.5, 0.6) is 0 Å². The Labute approximate surface area is 37.4 Å². The van der Waals surface area contributed by atoms with Gasteiger partial charge < -0.3 is 0 Å². The van der Waals surface area contributed by atoms with Gasteiger partial charge in [-0.1, -0.05) is 6.08 Å². The van der Waals surface area contributed by atoms with Gasteiger partial charge in [0.05, 0.1) is 6.20 Å². The summed E-state index contributed by atoms with van der Waals surface area (Å²) in [5.74, 6) is 0. The van der Waals surface area contributed by atoms with E-state index >= 15 is 0 Å². The van der Waals surface area contributed by atoms with Crippen LogP contribution >= 0.6 is 0 Å². The van der Waals surface area contributed by atoms with Crippen LogP contribution in [-0.4, -0.2) is 6.21 Å². The van der Waals surface area contributed by atoms with Gasteiger partial charge in [0.1, 0.15) is 0 Å². The van der Waals surface area contributed by atoms with E-state index in [4.69, 9.17) is 0 Å². The molecule has 0 N–H and O–H groups in total. The molecular weight excluding hydrogens is 74.1 g/mol. The summed E-state index contributed by atoms with van der Waals surface area (Å²) < 4.78 is 0. The fourth-order valence-corrected chi connectivity index (χ4v) is 0.392. The third-order valence-electron chi connectivity index (χ3n) is 0.697. The van der Waals surface area contributed by atoms with Crippen LogP contribution < -0.4 is 0 Å². The third kappa shape index (κ3) is 0.677. The molecule has 31 valence electrons. The van der Waals surface area contributed by atoms with Crippen molar-refractivity contribution in [1.29, 1.82) is 0 Å². The Morgan fingerprint density at radius 3 is 2.67 bits per heavy atom. The third-order valence-corrected chi connectivity index (χ3v) is 0.697. The number of allylic oxidation sites excluding steroid dienone is 1. The van der Waals surface area contributed by atoms with Crippen LogP contribution in [0.25, 0.3) is 0 Å². The molecule has 0 aromatic rings. The second kappa shape index (κ2) is 1.75. The highest BCUT2D eigenvalue weighted by Crippen LogP contribution is 1.91. The first-order chi connectivity index (χ1) is 3.00. The van der Waals surface area contributed by atoms with Crippen molar-refractivity contribution < 1.29 is 0 Å². The lowest BCUT2D eigenvalue weighted by Gasteiger charge is -1.86. The molecule has 0 spiro atoms. The molecule has 0 saturated carbocycles. The van der Waals surface area contributed by atoms with Crippen molar-refractivity contribution in [3.05, 3.63) is 12.3 Å². The van der Waals surface area contributed by atoms with Gasteiger partial charge in [-0.15, -0.1) is 0 Å². The molecule has 0 aromatic carbocycles. The smallest absolute Gasteiger partial charge is 0.0839 e. The van der Waals surface area contributed by atoms with Crippen LogP contribution in [0, 0.1) is 6.20 Å².